The fourth-order valence-electron chi connectivity index (χ4n) is 2.29. The second-order valence-corrected chi connectivity index (χ2v) is 8.10. The molecule has 3 N–H and O–H groups in total. The predicted molar refractivity (Wildman–Crippen MR) is 114 cm³/mol. The third-order valence-electron chi connectivity index (χ3n) is 3.56. The van der Waals surface area contributed by atoms with Crippen LogP contribution in [0.4, 0.5) is 20.9 Å². The molecule has 0 aliphatic rings. The number of thioether (sulfide) groups is 1. The number of nitrogens with one attached hydrogen (secondary N) is 3. The molecule has 3 rings (SSSR count). The first-order valence-electron chi connectivity index (χ1n) is 8.60. The van der Waals surface area contributed by atoms with Crippen LogP contribution in [-0.2, 0) is 9.59 Å². The van der Waals surface area contributed by atoms with E-state index in [-0.39, 0.29) is 28.3 Å². The van der Waals surface area contributed by atoms with Crippen LogP contribution in [0.3, 0.4) is 0 Å². The lowest BCUT2D eigenvalue weighted by Crippen LogP contribution is -2.14. The van der Waals surface area contributed by atoms with Gasteiger partial charge >= 0.3 is 0 Å². The maximum Gasteiger partial charge on any atom is 0.260 e. The highest BCUT2D eigenvalue weighted by molar-refractivity contribution is 8.01. The molecule has 0 unspecified atom stereocenters. The monoisotopic (exact) mass is 445 g/mol. The van der Waals surface area contributed by atoms with E-state index >= 15 is 0 Å². The van der Waals surface area contributed by atoms with Crippen molar-refractivity contribution in [1.82, 2.24) is 10.2 Å². The number of hydrogen-bond donors (Lipinski definition) is 3. The molecular formula is C19H16FN5O3S2. The molecule has 0 saturated heterocycles. The van der Waals surface area contributed by atoms with Gasteiger partial charge in [-0.2, -0.15) is 0 Å². The first-order valence-corrected chi connectivity index (χ1v) is 10.4. The Bertz CT molecular complexity index is 1070. The minimum atomic E-state index is -0.629. The van der Waals surface area contributed by atoms with Crippen molar-refractivity contribution in [2.75, 3.05) is 21.7 Å². The van der Waals surface area contributed by atoms with E-state index in [4.69, 9.17) is 0 Å². The van der Waals surface area contributed by atoms with E-state index in [9.17, 15) is 18.8 Å². The van der Waals surface area contributed by atoms with Gasteiger partial charge in [0.25, 0.3) is 5.91 Å². The number of carbonyl (C=O) groups excluding carboxylic acids is 3. The van der Waals surface area contributed by atoms with Gasteiger partial charge < -0.3 is 10.6 Å². The van der Waals surface area contributed by atoms with Crippen LogP contribution in [0.2, 0.25) is 0 Å². The Kier molecular flexibility index (Phi) is 7.09. The zero-order chi connectivity index (χ0) is 21.5. The Balaban J connectivity index is 1.49. The normalized spacial score (nSPS) is 10.3. The van der Waals surface area contributed by atoms with Gasteiger partial charge in [0.2, 0.25) is 16.9 Å². The minimum absolute atomic E-state index is 0.0866. The molecule has 0 radical (unpaired) electrons. The van der Waals surface area contributed by atoms with Gasteiger partial charge in [-0.25, -0.2) is 4.39 Å². The van der Waals surface area contributed by atoms with E-state index in [0.29, 0.717) is 15.7 Å². The van der Waals surface area contributed by atoms with Crippen molar-refractivity contribution in [3.63, 3.8) is 0 Å². The Morgan fingerprint density at radius 2 is 1.63 bits per heavy atom. The van der Waals surface area contributed by atoms with Crippen molar-refractivity contribution in [2.45, 2.75) is 11.3 Å². The molecule has 1 aromatic heterocycles. The van der Waals surface area contributed by atoms with Crippen LogP contribution in [0, 0.1) is 5.82 Å². The number of benzene rings is 2. The SMILES string of the molecule is CC(=O)Nc1ccc(NC(=O)CSc2nnc(NC(=O)c3ccccc3F)s2)cc1. The standard InChI is InChI=1S/C19H16FN5O3S2/c1-11(26)21-12-6-8-13(9-7-12)22-16(27)10-29-19-25-24-18(30-19)23-17(28)14-4-2-3-5-15(14)20/h2-9H,10H2,1H3,(H,21,26)(H,22,27)(H,23,24,28). The van der Waals surface area contributed by atoms with Crippen LogP contribution >= 0.6 is 23.1 Å². The topological polar surface area (TPSA) is 113 Å². The number of amides is 3. The number of anilines is 3. The molecule has 0 aliphatic carbocycles. The van der Waals surface area contributed by atoms with Crippen LogP contribution in [0.25, 0.3) is 0 Å². The average molecular weight is 446 g/mol. The van der Waals surface area contributed by atoms with Gasteiger partial charge in [-0.3, -0.25) is 19.7 Å². The van der Waals surface area contributed by atoms with Crippen molar-refractivity contribution in [3.05, 3.63) is 59.9 Å². The Labute approximate surface area is 179 Å². The summed E-state index contributed by atoms with van der Waals surface area (Å²) in [5, 5.41) is 15.8. The fourth-order valence-corrected chi connectivity index (χ4v) is 3.84. The molecule has 0 saturated carbocycles. The number of aromatic nitrogens is 2. The van der Waals surface area contributed by atoms with Crippen LogP contribution in [0.15, 0.2) is 52.9 Å². The molecule has 2 aromatic carbocycles. The van der Waals surface area contributed by atoms with E-state index < -0.39 is 11.7 Å². The maximum absolute atomic E-state index is 13.7. The quantitative estimate of drug-likeness (QED) is 0.378. The molecule has 0 spiro atoms. The van der Waals surface area contributed by atoms with Gasteiger partial charge in [-0.15, -0.1) is 10.2 Å². The summed E-state index contributed by atoms with van der Waals surface area (Å²) in [5.41, 5.74) is 1.13. The van der Waals surface area contributed by atoms with Gasteiger partial charge in [0.05, 0.1) is 11.3 Å². The zero-order valence-corrected chi connectivity index (χ0v) is 17.3. The van der Waals surface area contributed by atoms with E-state index in [2.05, 4.69) is 26.1 Å². The summed E-state index contributed by atoms with van der Waals surface area (Å²) in [7, 11) is 0. The van der Waals surface area contributed by atoms with Gasteiger partial charge in [-0.1, -0.05) is 35.2 Å². The lowest BCUT2D eigenvalue weighted by Gasteiger charge is -2.06. The van der Waals surface area contributed by atoms with Gasteiger partial charge in [0.1, 0.15) is 5.82 Å². The molecule has 8 nitrogen and oxygen atoms in total. The molecule has 0 atom stereocenters. The van der Waals surface area contributed by atoms with E-state index in [0.717, 1.165) is 23.1 Å². The molecule has 1 heterocycles. The molecule has 11 heteroatoms. The first kappa shape index (κ1) is 21.4. The summed E-state index contributed by atoms with van der Waals surface area (Å²) in [6.45, 7) is 1.41. The highest BCUT2D eigenvalue weighted by Gasteiger charge is 2.14. The second kappa shape index (κ2) is 9.94. The molecule has 0 aliphatic heterocycles. The van der Waals surface area contributed by atoms with Gasteiger partial charge in [0, 0.05) is 18.3 Å². The summed E-state index contributed by atoms with van der Waals surface area (Å²) in [6, 6.07) is 12.3. The number of halogens is 1. The third-order valence-corrected chi connectivity index (χ3v) is 5.53. The van der Waals surface area contributed by atoms with Crippen molar-refractivity contribution in [1.29, 1.82) is 0 Å². The summed E-state index contributed by atoms with van der Waals surface area (Å²) in [6.07, 6.45) is 0. The van der Waals surface area contributed by atoms with Gasteiger partial charge in [-0.05, 0) is 36.4 Å². The molecule has 0 fully saturated rings. The maximum atomic E-state index is 13.7. The van der Waals surface area contributed by atoms with Crippen molar-refractivity contribution in [3.8, 4) is 0 Å². The summed E-state index contributed by atoms with van der Waals surface area (Å²) in [4.78, 5) is 35.2. The largest absolute Gasteiger partial charge is 0.326 e. The Morgan fingerprint density at radius 1 is 0.967 bits per heavy atom. The molecule has 154 valence electrons. The first-order chi connectivity index (χ1) is 14.4. The summed E-state index contributed by atoms with van der Waals surface area (Å²) < 4.78 is 14.1. The predicted octanol–water partition coefficient (Wildman–Crippen LogP) is 3.62. The number of carbonyl (C=O) groups is 3. The number of rotatable bonds is 7. The molecular weight excluding hydrogens is 429 g/mol. The fraction of sp³-hybridized carbons (Fsp3) is 0.105. The molecule has 3 amide bonds. The van der Waals surface area contributed by atoms with Crippen LogP contribution < -0.4 is 16.0 Å². The molecule has 30 heavy (non-hydrogen) atoms. The van der Waals surface area contributed by atoms with E-state index in [1.807, 2.05) is 0 Å². The van der Waals surface area contributed by atoms with Gasteiger partial charge in [0.15, 0.2) is 4.34 Å². The van der Waals surface area contributed by atoms with Crippen LogP contribution in [-0.4, -0.2) is 33.7 Å². The van der Waals surface area contributed by atoms with Crippen molar-refractivity contribution in [2.24, 2.45) is 0 Å². The number of hydrogen-bond acceptors (Lipinski definition) is 7. The third kappa shape index (κ3) is 6.09. The second-order valence-electron chi connectivity index (χ2n) is 5.90. The lowest BCUT2D eigenvalue weighted by molar-refractivity contribution is -0.114. The Hall–Kier alpha value is -3.31. The van der Waals surface area contributed by atoms with Crippen molar-refractivity contribution >= 4 is 57.3 Å². The highest BCUT2D eigenvalue weighted by Crippen LogP contribution is 2.26. The van der Waals surface area contributed by atoms with E-state index in [1.165, 1.54) is 25.1 Å². The Morgan fingerprint density at radius 3 is 2.30 bits per heavy atom. The van der Waals surface area contributed by atoms with Crippen LogP contribution in [0.5, 0.6) is 0 Å². The van der Waals surface area contributed by atoms with Crippen molar-refractivity contribution < 1.29 is 18.8 Å². The summed E-state index contributed by atoms with van der Waals surface area (Å²) >= 11 is 2.24. The average Bonchev–Trinajstić information content (AvgIpc) is 3.15. The zero-order valence-electron chi connectivity index (χ0n) is 15.6. The highest BCUT2D eigenvalue weighted by atomic mass is 32.2. The molecule has 0 bridgehead atoms. The summed E-state index contributed by atoms with van der Waals surface area (Å²) in [5.74, 6) is -1.59. The number of nitrogens with zero attached hydrogens (tertiary/aromatic N) is 2. The van der Waals surface area contributed by atoms with E-state index in [1.54, 1.807) is 30.3 Å². The minimum Gasteiger partial charge on any atom is -0.326 e. The smallest absolute Gasteiger partial charge is 0.260 e. The van der Waals surface area contributed by atoms with Crippen LogP contribution in [0.1, 0.15) is 17.3 Å². The lowest BCUT2D eigenvalue weighted by atomic mass is 10.2. The molecule has 3 aromatic rings.